The van der Waals surface area contributed by atoms with Crippen molar-refractivity contribution in [1.29, 1.82) is 0 Å². The van der Waals surface area contributed by atoms with Crippen LogP contribution < -0.4 is 20.1 Å². The van der Waals surface area contributed by atoms with Crippen LogP contribution in [0.2, 0.25) is 0 Å². The molecule has 0 aromatic heterocycles. The second-order valence-electron chi connectivity index (χ2n) is 8.84. The Morgan fingerprint density at radius 1 is 1.09 bits per heavy atom. The Labute approximate surface area is 192 Å². The summed E-state index contributed by atoms with van der Waals surface area (Å²) in [4.78, 5) is 15.1. The first kappa shape index (κ1) is 23.9. The molecule has 3 rings (SSSR count). The molecule has 2 atom stereocenters. The van der Waals surface area contributed by atoms with Crippen molar-refractivity contribution in [2.45, 2.75) is 65.2 Å². The molecule has 1 heterocycles. The average molecular weight is 440 g/mol. The molecular weight excluding hydrogens is 402 g/mol. The van der Waals surface area contributed by atoms with E-state index in [9.17, 15) is 4.79 Å². The summed E-state index contributed by atoms with van der Waals surface area (Å²) in [6.45, 7) is 9.90. The first-order chi connectivity index (χ1) is 15.4. The van der Waals surface area contributed by atoms with Gasteiger partial charge in [0.25, 0.3) is 0 Å². The Morgan fingerprint density at radius 2 is 1.75 bits per heavy atom. The molecule has 0 fully saturated rings. The number of hydrogen-bond donors (Lipinski definition) is 2. The fourth-order valence-corrected chi connectivity index (χ4v) is 4.48. The van der Waals surface area contributed by atoms with Crippen molar-refractivity contribution in [1.82, 2.24) is 15.5 Å². The van der Waals surface area contributed by atoms with Crippen molar-refractivity contribution in [2.75, 3.05) is 20.8 Å². The summed E-state index contributed by atoms with van der Waals surface area (Å²) in [6, 6.07) is 12.8. The highest BCUT2D eigenvalue weighted by Crippen LogP contribution is 2.40. The Bertz CT molecular complexity index is 911. The van der Waals surface area contributed by atoms with E-state index >= 15 is 0 Å². The van der Waals surface area contributed by atoms with Gasteiger partial charge in [0.1, 0.15) is 0 Å². The highest BCUT2D eigenvalue weighted by Gasteiger charge is 2.35. The number of carbonyl (C=O) groups is 1. The summed E-state index contributed by atoms with van der Waals surface area (Å²) < 4.78 is 11.2. The zero-order valence-corrected chi connectivity index (χ0v) is 20.2. The van der Waals surface area contributed by atoms with Crippen molar-refractivity contribution in [3.63, 3.8) is 0 Å². The molecule has 0 aliphatic carbocycles. The van der Waals surface area contributed by atoms with Gasteiger partial charge in [0.2, 0.25) is 0 Å². The maximum Gasteiger partial charge on any atom is 0.315 e. The minimum atomic E-state index is -0.130. The number of hydrogen-bond acceptors (Lipinski definition) is 4. The van der Waals surface area contributed by atoms with Crippen molar-refractivity contribution in [3.05, 3.63) is 58.7 Å². The highest BCUT2D eigenvalue weighted by molar-refractivity contribution is 5.74. The van der Waals surface area contributed by atoms with Gasteiger partial charge in [-0.15, -0.1) is 0 Å². The number of aryl methyl sites for hydroxylation is 1. The second kappa shape index (κ2) is 10.7. The summed E-state index contributed by atoms with van der Waals surface area (Å²) in [5.74, 6) is 1.46. The SMILES string of the molecule is CC[C@H](NC(=O)NC(C)C)[C@@H]1c2cc(OC)c(OC)cc2CCN1Cc1ccc(C)cc1. The number of urea groups is 1. The Morgan fingerprint density at radius 3 is 2.34 bits per heavy atom. The molecule has 2 aromatic carbocycles. The van der Waals surface area contributed by atoms with Crippen LogP contribution in [0.4, 0.5) is 4.79 Å². The van der Waals surface area contributed by atoms with Gasteiger partial charge in [-0.2, -0.15) is 0 Å². The van der Waals surface area contributed by atoms with Gasteiger partial charge in [-0.05, 0) is 62.4 Å². The van der Waals surface area contributed by atoms with E-state index in [0.717, 1.165) is 37.4 Å². The fourth-order valence-electron chi connectivity index (χ4n) is 4.48. The number of rotatable bonds is 8. The molecule has 6 heteroatoms. The third kappa shape index (κ3) is 5.54. The van der Waals surface area contributed by atoms with E-state index in [1.165, 1.54) is 22.3 Å². The fraction of sp³-hybridized carbons (Fsp3) is 0.500. The van der Waals surface area contributed by atoms with Crippen molar-refractivity contribution >= 4 is 6.03 Å². The van der Waals surface area contributed by atoms with Gasteiger partial charge in [-0.3, -0.25) is 4.90 Å². The van der Waals surface area contributed by atoms with E-state index in [2.05, 4.69) is 65.8 Å². The predicted molar refractivity (Wildman–Crippen MR) is 128 cm³/mol. The minimum Gasteiger partial charge on any atom is -0.493 e. The van der Waals surface area contributed by atoms with Crippen LogP contribution in [0.5, 0.6) is 11.5 Å². The van der Waals surface area contributed by atoms with Crippen LogP contribution in [0.25, 0.3) is 0 Å². The average Bonchev–Trinajstić information content (AvgIpc) is 2.77. The molecule has 0 saturated heterocycles. The van der Waals surface area contributed by atoms with Crippen molar-refractivity contribution in [2.24, 2.45) is 0 Å². The molecule has 1 aliphatic heterocycles. The van der Waals surface area contributed by atoms with E-state index in [4.69, 9.17) is 9.47 Å². The molecule has 2 aromatic rings. The van der Waals surface area contributed by atoms with Gasteiger partial charge in [0, 0.05) is 19.1 Å². The van der Waals surface area contributed by atoms with E-state index in [1.807, 2.05) is 13.8 Å². The molecule has 1 aliphatic rings. The first-order valence-electron chi connectivity index (χ1n) is 11.5. The zero-order valence-electron chi connectivity index (χ0n) is 20.2. The van der Waals surface area contributed by atoms with Gasteiger partial charge in [-0.25, -0.2) is 4.79 Å². The molecule has 0 saturated carbocycles. The summed E-state index contributed by atoms with van der Waals surface area (Å²) in [7, 11) is 3.33. The number of carbonyl (C=O) groups excluding carboxylic acids is 1. The molecule has 2 N–H and O–H groups in total. The maximum absolute atomic E-state index is 12.6. The molecule has 2 amide bonds. The molecule has 32 heavy (non-hydrogen) atoms. The van der Waals surface area contributed by atoms with Gasteiger partial charge in [-0.1, -0.05) is 36.8 Å². The first-order valence-corrected chi connectivity index (χ1v) is 11.5. The smallest absolute Gasteiger partial charge is 0.315 e. The molecule has 0 unspecified atom stereocenters. The van der Waals surface area contributed by atoms with Crippen LogP contribution in [-0.4, -0.2) is 43.8 Å². The van der Waals surface area contributed by atoms with E-state index < -0.39 is 0 Å². The standard InChI is InChI=1S/C26H37N3O3/c1-7-22(28-26(30)27-17(2)3)25-21-15-24(32-6)23(31-5)14-20(21)12-13-29(25)16-19-10-8-18(4)9-11-19/h8-11,14-15,17,22,25H,7,12-13,16H2,1-6H3,(H2,27,28,30)/t22-,25-/m0/s1. The van der Waals surface area contributed by atoms with Crippen LogP contribution in [0.1, 0.15) is 55.5 Å². The number of ether oxygens (including phenoxy) is 2. The Hall–Kier alpha value is -2.73. The maximum atomic E-state index is 12.6. The zero-order chi connectivity index (χ0) is 23.3. The normalized spacial score (nSPS) is 16.9. The number of benzene rings is 2. The topological polar surface area (TPSA) is 62.8 Å². The number of methoxy groups -OCH3 is 2. The van der Waals surface area contributed by atoms with Crippen LogP contribution >= 0.6 is 0 Å². The van der Waals surface area contributed by atoms with E-state index in [0.29, 0.717) is 0 Å². The van der Waals surface area contributed by atoms with Crippen molar-refractivity contribution in [3.8, 4) is 11.5 Å². The van der Waals surface area contributed by atoms with Gasteiger partial charge in [0.05, 0.1) is 26.3 Å². The number of fused-ring (bicyclic) bond motifs is 1. The largest absolute Gasteiger partial charge is 0.493 e. The van der Waals surface area contributed by atoms with Crippen LogP contribution in [0.15, 0.2) is 36.4 Å². The van der Waals surface area contributed by atoms with Crippen LogP contribution in [-0.2, 0) is 13.0 Å². The summed E-state index contributed by atoms with van der Waals surface area (Å²) in [6.07, 6.45) is 1.74. The Balaban J connectivity index is 1.99. The van der Waals surface area contributed by atoms with Gasteiger partial charge >= 0.3 is 6.03 Å². The number of nitrogens with one attached hydrogen (secondary N) is 2. The summed E-state index contributed by atoms with van der Waals surface area (Å²) in [5.41, 5.74) is 4.96. The minimum absolute atomic E-state index is 0.0303. The Kier molecular flexibility index (Phi) is 8.02. The predicted octanol–water partition coefficient (Wildman–Crippen LogP) is 4.60. The third-order valence-electron chi connectivity index (χ3n) is 6.09. The lowest BCUT2D eigenvalue weighted by atomic mass is 9.86. The summed E-state index contributed by atoms with van der Waals surface area (Å²) in [5, 5.41) is 6.20. The molecule has 0 bridgehead atoms. The number of nitrogens with zero attached hydrogens (tertiary/aromatic N) is 1. The lowest BCUT2D eigenvalue weighted by Crippen LogP contribution is -2.51. The monoisotopic (exact) mass is 439 g/mol. The lowest BCUT2D eigenvalue weighted by Gasteiger charge is -2.42. The lowest BCUT2D eigenvalue weighted by molar-refractivity contribution is 0.135. The third-order valence-corrected chi connectivity index (χ3v) is 6.09. The molecule has 6 nitrogen and oxygen atoms in total. The van der Waals surface area contributed by atoms with Gasteiger partial charge in [0.15, 0.2) is 11.5 Å². The molecule has 0 radical (unpaired) electrons. The van der Waals surface area contributed by atoms with Crippen molar-refractivity contribution < 1.29 is 14.3 Å². The second-order valence-corrected chi connectivity index (χ2v) is 8.84. The van der Waals surface area contributed by atoms with Crippen LogP contribution in [0.3, 0.4) is 0 Å². The van der Waals surface area contributed by atoms with Crippen LogP contribution in [0, 0.1) is 6.92 Å². The summed E-state index contributed by atoms with van der Waals surface area (Å²) >= 11 is 0. The molecular formula is C26H37N3O3. The highest BCUT2D eigenvalue weighted by atomic mass is 16.5. The van der Waals surface area contributed by atoms with Gasteiger partial charge < -0.3 is 20.1 Å². The van der Waals surface area contributed by atoms with E-state index in [-0.39, 0.29) is 24.2 Å². The molecule has 0 spiro atoms. The number of amides is 2. The van der Waals surface area contributed by atoms with E-state index in [1.54, 1.807) is 14.2 Å². The quantitative estimate of drug-likeness (QED) is 0.631. The molecule has 174 valence electrons.